The van der Waals surface area contributed by atoms with Gasteiger partial charge < -0.3 is 29.9 Å². The number of hydroxylamine groups is 1. The molecule has 8 atom stereocenters. The van der Waals surface area contributed by atoms with Gasteiger partial charge in [0, 0.05) is 34.2 Å². The van der Waals surface area contributed by atoms with Gasteiger partial charge in [0.15, 0.2) is 0 Å². The van der Waals surface area contributed by atoms with Crippen LogP contribution < -0.4 is 16.1 Å². The monoisotopic (exact) mass is 718 g/mol. The molecule has 288 valence electrons. The maximum absolute atomic E-state index is 14.0. The van der Waals surface area contributed by atoms with E-state index in [1.54, 1.807) is 29.3 Å². The molecular weight excluding hydrogens is 656 g/mol. The van der Waals surface area contributed by atoms with Crippen molar-refractivity contribution in [3.63, 3.8) is 0 Å². The number of nitrogens with one attached hydrogen (secondary N) is 3. The number of likely N-dealkylation sites (tertiary alicyclic amines) is 1. The molecule has 0 aromatic heterocycles. The van der Waals surface area contributed by atoms with Crippen LogP contribution in [-0.2, 0) is 39.9 Å². The van der Waals surface area contributed by atoms with Crippen molar-refractivity contribution in [2.24, 2.45) is 17.8 Å². The second kappa shape index (κ2) is 21.1. The second-order valence-electron chi connectivity index (χ2n) is 14.2. The summed E-state index contributed by atoms with van der Waals surface area (Å²) in [5, 5.41) is 14.9. The lowest BCUT2D eigenvalue weighted by Crippen LogP contribution is -2.55. The Hall–Kier alpha value is -3.59. The van der Waals surface area contributed by atoms with E-state index in [2.05, 4.69) is 10.6 Å². The Balaban J connectivity index is 2.19. The predicted octanol–water partition coefficient (Wildman–Crippen LogP) is 1.84. The van der Waals surface area contributed by atoms with Gasteiger partial charge in [0.2, 0.25) is 23.6 Å². The summed E-state index contributed by atoms with van der Waals surface area (Å²) in [6.45, 7) is 9.90. The molecule has 0 spiro atoms. The van der Waals surface area contributed by atoms with E-state index in [4.69, 9.17) is 9.47 Å². The number of nitrogens with zero attached hydrogens (tertiary/aromatic N) is 3. The fraction of sp³-hybridized carbons (Fsp3) is 0.703. The zero-order valence-electron chi connectivity index (χ0n) is 32.2. The van der Waals surface area contributed by atoms with E-state index in [1.165, 1.54) is 14.2 Å². The first-order chi connectivity index (χ1) is 24.1. The van der Waals surface area contributed by atoms with Gasteiger partial charge in [0.05, 0.1) is 49.2 Å². The highest BCUT2D eigenvalue weighted by atomic mass is 16.5. The minimum atomic E-state index is -1.02. The Morgan fingerprint density at radius 1 is 0.961 bits per heavy atom. The van der Waals surface area contributed by atoms with Gasteiger partial charge in [-0.3, -0.25) is 34.1 Å². The molecule has 1 aromatic rings. The van der Waals surface area contributed by atoms with Crippen LogP contribution in [0.4, 0.5) is 0 Å². The van der Waals surface area contributed by atoms with E-state index in [1.807, 2.05) is 77.0 Å². The van der Waals surface area contributed by atoms with E-state index in [0.717, 1.165) is 12.0 Å². The Labute approximate surface area is 303 Å². The van der Waals surface area contributed by atoms with Gasteiger partial charge in [-0.25, -0.2) is 5.48 Å². The molecule has 1 aliphatic heterocycles. The maximum Gasteiger partial charge on any atom is 0.266 e. The first-order valence-electron chi connectivity index (χ1n) is 18.0. The van der Waals surface area contributed by atoms with Crippen molar-refractivity contribution < 1.29 is 38.7 Å². The molecule has 1 aliphatic rings. The van der Waals surface area contributed by atoms with Gasteiger partial charge in [-0.15, -0.1) is 0 Å². The number of carbonyl (C=O) groups is 5. The van der Waals surface area contributed by atoms with Crippen LogP contribution in [-0.4, -0.2) is 134 Å². The Bertz CT molecular complexity index is 1270. The van der Waals surface area contributed by atoms with Crippen LogP contribution in [0.2, 0.25) is 0 Å². The molecule has 4 N–H and O–H groups in total. The smallest absolute Gasteiger partial charge is 0.266 e. The molecule has 14 nitrogen and oxygen atoms in total. The quantitative estimate of drug-likeness (QED) is 0.116. The van der Waals surface area contributed by atoms with Crippen molar-refractivity contribution >= 4 is 29.5 Å². The zero-order valence-corrected chi connectivity index (χ0v) is 32.2. The minimum Gasteiger partial charge on any atom is -0.379 e. The molecule has 1 aromatic carbocycles. The van der Waals surface area contributed by atoms with Crippen molar-refractivity contribution in [2.45, 2.75) is 103 Å². The molecule has 51 heavy (non-hydrogen) atoms. The van der Waals surface area contributed by atoms with E-state index < -0.39 is 48.1 Å². The standard InChI is InChI=1S/C37H62N6O8/c1-11-24(4)33(42(8)31(45)22-38-37(48)32(23(2)3)41(6)7)29(50-9)21-30(44)43-19-15-18-28(43)34(51-10)25(5)35(46)39-27(36(47)40-49)20-26-16-13-12-14-17-26/h12-14,16-17,23-25,27-29,32-34,49H,11,15,18-22H2,1-10H3,(H,38,48)(H,39,46)(H,40,47). The van der Waals surface area contributed by atoms with Crippen LogP contribution in [0.25, 0.3) is 0 Å². The zero-order chi connectivity index (χ0) is 38.4. The molecule has 5 amide bonds. The number of likely N-dealkylation sites (N-methyl/N-ethyl adjacent to an activating group) is 2. The van der Waals surface area contributed by atoms with Crippen molar-refractivity contribution in [3.8, 4) is 0 Å². The number of methoxy groups -OCH3 is 2. The molecule has 0 bridgehead atoms. The molecule has 0 saturated carbocycles. The average Bonchev–Trinajstić information content (AvgIpc) is 3.59. The molecule has 1 heterocycles. The number of amides is 5. The lowest BCUT2D eigenvalue weighted by molar-refractivity contribution is -0.146. The fourth-order valence-corrected chi connectivity index (χ4v) is 7.29. The van der Waals surface area contributed by atoms with Crippen molar-refractivity contribution in [3.05, 3.63) is 35.9 Å². The maximum atomic E-state index is 14.0. The summed E-state index contributed by atoms with van der Waals surface area (Å²) in [6.07, 6.45) is 0.899. The van der Waals surface area contributed by atoms with Crippen molar-refractivity contribution in [1.29, 1.82) is 0 Å². The summed E-state index contributed by atoms with van der Waals surface area (Å²) in [4.78, 5) is 71.5. The summed E-state index contributed by atoms with van der Waals surface area (Å²) in [6, 6.07) is 6.87. The summed E-state index contributed by atoms with van der Waals surface area (Å²) in [7, 11) is 8.35. The van der Waals surface area contributed by atoms with Crippen LogP contribution in [0.15, 0.2) is 30.3 Å². The summed E-state index contributed by atoms with van der Waals surface area (Å²) < 4.78 is 11.8. The number of rotatable bonds is 20. The highest BCUT2D eigenvalue weighted by Gasteiger charge is 2.42. The number of hydrogen-bond donors (Lipinski definition) is 4. The first kappa shape index (κ1) is 43.6. The van der Waals surface area contributed by atoms with Crippen molar-refractivity contribution in [2.75, 3.05) is 48.5 Å². The lowest BCUT2D eigenvalue weighted by Gasteiger charge is -2.39. The van der Waals surface area contributed by atoms with E-state index in [-0.39, 0.29) is 55.0 Å². The van der Waals surface area contributed by atoms with Gasteiger partial charge in [0.25, 0.3) is 5.91 Å². The third-order valence-corrected chi connectivity index (χ3v) is 10.2. The molecule has 0 radical (unpaired) electrons. The number of ether oxygens (including phenoxy) is 2. The van der Waals surface area contributed by atoms with Crippen LogP contribution in [0.1, 0.15) is 65.9 Å². The van der Waals surface area contributed by atoms with Crippen LogP contribution in [0, 0.1) is 17.8 Å². The molecular formula is C37H62N6O8. The van der Waals surface area contributed by atoms with Gasteiger partial charge in [-0.05, 0) is 44.3 Å². The van der Waals surface area contributed by atoms with E-state index >= 15 is 0 Å². The Kier molecular flexibility index (Phi) is 18.0. The number of carbonyl (C=O) groups excluding carboxylic acids is 5. The summed E-state index contributed by atoms with van der Waals surface area (Å²) in [5.74, 6) is -2.61. The molecule has 0 aliphatic carbocycles. The third-order valence-electron chi connectivity index (χ3n) is 10.2. The largest absolute Gasteiger partial charge is 0.379 e. The van der Waals surface area contributed by atoms with Gasteiger partial charge in [-0.2, -0.15) is 0 Å². The minimum absolute atomic E-state index is 0.00509. The fourth-order valence-electron chi connectivity index (χ4n) is 7.29. The van der Waals surface area contributed by atoms with Gasteiger partial charge in [-0.1, -0.05) is 71.4 Å². The van der Waals surface area contributed by atoms with Crippen LogP contribution in [0.3, 0.4) is 0 Å². The van der Waals surface area contributed by atoms with Crippen molar-refractivity contribution in [1.82, 2.24) is 30.8 Å². The van der Waals surface area contributed by atoms with Gasteiger partial charge >= 0.3 is 0 Å². The van der Waals surface area contributed by atoms with Crippen LogP contribution in [0.5, 0.6) is 0 Å². The second-order valence-corrected chi connectivity index (χ2v) is 14.2. The molecule has 1 saturated heterocycles. The number of benzene rings is 1. The summed E-state index contributed by atoms with van der Waals surface area (Å²) in [5.41, 5.74) is 2.44. The SMILES string of the molecule is CCC(C)C(C(CC(=O)N1CCCC1C(OC)C(C)C(=O)NC(Cc1ccccc1)C(=O)NO)OC)N(C)C(=O)CNC(=O)C(C(C)C)N(C)C. The molecule has 14 heteroatoms. The van der Waals surface area contributed by atoms with E-state index in [0.29, 0.717) is 19.4 Å². The lowest BCUT2D eigenvalue weighted by atomic mass is 9.90. The molecule has 8 unspecified atom stereocenters. The normalized spacial score (nSPS) is 18.7. The highest BCUT2D eigenvalue weighted by Crippen LogP contribution is 2.29. The van der Waals surface area contributed by atoms with Crippen LogP contribution >= 0.6 is 0 Å². The highest BCUT2D eigenvalue weighted by molar-refractivity contribution is 5.89. The van der Waals surface area contributed by atoms with Gasteiger partial charge in [0.1, 0.15) is 6.04 Å². The topological polar surface area (TPSA) is 170 Å². The summed E-state index contributed by atoms with van der Waals surface area (Å²) >= 11 is 0. The predicted molar refractivity (Wildman–Crippen MR) is 193 cm³/mol. The molecule has 1 fully saturated rings. The number of hydrogen-bond acceptors (Lipinski definition) is 9. The molecule has 2 rings (SSSR count). The third kappa shape index (κ3) is 12.0. The average molecular weight is 719 g/mol. The van der Waals surface area contributed by atoms with E-state index in [9.17, 15) is 29.2 Å². The Morgan fingerprint density at radius 2 is 1.61 bits per heavy atom. The Morgan fingerprint density at radius 3 is 2.14 bits per heavy atom. The first-order valence-corrected chi connectivity index (χ1v) is 18.0.